The molecular weight excluding hydrogens is 308 g/mol. The van der Waals surface area contributed by atoms with Gasteiger partial charge >= 0.3 is 12.4 Å². The summed E-state index contributed by atoms with van der Waals surface area (Å²) in [6.45, 7) is -0.203. The number of hydrogen-bond donors (Lipinski definition) is 1. The van der Waals surface area contributed by atoms with E-state index in [1.54, 1.807) is 0 Å². The lowest BCUT2D eigenvalue weighted by Gasteiger charge is -2.16. The highest BCUT2D eigenvalue weighted by molar-refractivity contribution is 5.69. The molecule has 22 heavy (non-hydrogen) atoms. The number of benzene rings is 2. The maximum Gasteiger partial charge on any atom is 0.417 e. The van der Waals surface area contributed by atoms with E-state index in [4.69, 9.17) is 5.73 Å². The Kier molecular flexibility index (Phi) is 4.19. The van der Waals surface area contributed by atoms with Crippen LogP contribution in [0.1, 0.15) is 16.7 Å². The summed E-state index contributed by atoms with van der Waals surface area (Å²) in [6.07, 6.45) is -9.32. The molecule has 0 heterocycles. The summed E-state index contributed by atoms with van der Waals surface area (Å²) in [7, 11) is 0. The second-order valence-electron chi connectivity index (χ2n) is 4.66. The van der Waals surface area contributed by atoms with Crippen molar-refractivity contribution >= 4 is 0 Å². The number of halogens is 6. The van der Waals surface area contributed by atoms with E-state index in [9.17, 15) is 26.3 Å². The highest BCUT2D eigenvalue weighted by Crippen LogP contribution is 2.39. The average Bonchev–Trinajstić information content (AvgIpc) is 2.45. The quantitative estimate of drug-likeness (QED) is 0.787. The second kappa shape index (κ2) is 5.64. The van der Waals surface area contributed by atoms with Gasteiger partial charge in [-0.1, -0.05) is 18.2 Å². The average molecular weight is 319 g/mol. The van der Waals surface area contributed by atoms with Crippen LogP contribution in [0.4, 0.5) is 26.3 Å². The molecule has 0 atom stereocenters. The zero-order valence-corrected chi connectivity index (χ0v) is 11.1. The van der Waals surface area contributed by atoms with Crippen molar-refractivity contribution in [2.24, 2.45) is 5.73 Å². The molecule has 2 rings (SSSR count). The van der Waals surface area contributed by atoms with Crippen LogP contribution in [0, 0.1) is 0 Å². The van der Waals surface area contributed by atoms with Gasteiger partial charge in [0, 0.05) is 6.54 Å². The standard InChI is InChI=1S/C15H11F6N/c16-14(17,18)11-6-9(8-22)5-10(7-11)12-3-1-2-4-13(12)15(19,20)21/h1-7H,8,22H2. The summed E-state index contributed by atoms with van der Waals surface area (Å²) in [5, 5.41) is 0. The highest BCUT2D eigenvalue weighted by Gasteiger charge is 2.35. The molecule has 118 valence electrons. The molecule has 0 saturated carbocycles. The molecule has 0 unspecified atom stereocenters. The summed E-state index contributed by atoms with van der Waals surface area (Å²) in [5.41, 5.74) is 2.97. The minimum atomic E-state index is -4.66. The molecule has 0 radical (unpaired) electrons. The van der Waals surface area contributed by atoms with Gasteiger partial charge in [-0.25, -0.2) is 0 Å². The maximum atomic E-state index is 13.0. The van der Waals surface area contributed by atoms with Gasteiger partial charge in [-0.2, -0.15) is 26.3 Å². The van der Waals surface area contributed by atoms with E-state index >= 15 is 0 Å². The fourth-order valence-corrected chi connectivity index (χ4v) is 2.11. The number of rotatable bonds is 2. The SMILES string of the molecule is NCc1cc(-c2ccccc2C(F)(F)F)cc(C(F)(F)F)c1. The topological polar surface area (TPSA) is 26.0 Å². The fraction of sp³-hybridized carbons (Fsp3) is 0.200. The van der Waals surface area contributed by atoms with Crippen molar-refractivity contribution in [1.29, 1.82) is 0 Å². The molecule has 0 aromatic heterocycles. The summed E-state index contributed by atoms with van der Waals surface area (Å²) in [6, 6.07) is 7.26. The molecular formula is C15H11F6N. The number of alkyl halides is 6. The van der Waals surface area contributed by atoms with Gasteiger partial charge in [0.2, 0.25) is 0 Å². The van der Waals surface area contributed by atoms with Gasteiger partial charge in [-0.15, -0.1) is 0 Å². The van der Waals surface area contributed by atoms with Crippen molar-refractivity contribution in [2.75, 3.05) is 0 Å². The van der Waals surface area contributed by atoms with Gasteiger partial charge in [0.15, 0.2) is 0 Å². The van der Waals surface area contributed by atoms with Crippen LogP contribution < -0.4 is 5.73 Å². The number of nitrogens with two attached hydrogens (primary N) is 1. The third-order valence-corrected chi connectivity index (χ3v) is 3.10. The van der Waals surface area contributed by atoms with Gasteiger partial charge < -0.3 is 5.73 Å². The van der Waals surface area contributed by atoms with Crippen LogP contribution in [0.5, 0.6) is 0 Å². The molecule has 7 heteroatoms. The summed E-state index contributed by atoms with van der Waals surface area (Å²) >= 11 is 0. The lowest BCUT2D eigenvalue weighted by Crippen LogP contribution is -2.10. The Labute approximate surface area is 122 Å². The molecule has 2 N–H and O–H groups in total. The molecule has 2 aromatic rings. The van der Waals surface area contributed by atoms with Gasteiger partial charge in [-0.05, 0) is 41.0 Å². The van der Waals surface area contributed by atoms with E-state index in [1.807, 2.05) is 0 Å². The van der Waals surface area contributed by atoms with E-state index in [2.05, 4.69) is 0 Å². The minimum absolute atomic E-state index is 0.113. The van der Waals surface area contributed by atoms with Crippen LogP contribution in [0.2, 0.25) is 0 Å². The first-order chi connectivity index (χ1) is 10.1. The van der Waals surface area contributed by atoms with Crippen molar-refractivity contribution in [3.63, 3.8) is 0 Å². The molecule has 0 saturated heterocycles. The monoisotopic (exact) mass is 319 g/mol. The third kappa shape index (κ3) is 3.41. The number of hydrogen-bond acceptors (Lipinski definition) is 1. The summed E-state index contributed by atoms with van der Waals surface area (Å²) in [5.74, 6) is 0. The predicted octanol–water partition coefficient (Wildman–Crippen LogP) is 4.85. The third-order valence-electron chi connectivity index (χ3n) is 3.10. The molecule has 1 nitrogen and oxygen atoms in total. The molecule has 2 aromatic carbocycles. The Morgan fingerprint density at radius 1 is 0.818 bits per heavy atom. The minimum Gasteiger partial charge on any atom is -0.326 e. The Balaban J connectivity index is 2.68. The van der Waals surface area contributed by atoms with E-state index < -0.39 is 23.5 Å². The first-order valence-corrected chi connectivity index (χ1v) is 6.21. The van der Waals surface area contributed by atoms with Crippen molar-refractivity contribution in [3.8, 4) is 11.1 Å². The molecule has 0 fully saturated rings. The van der Waals surface area contributed by atoms with Crippen LogP contribution in [-0.4, -0.2) is 0 Å². The van der Waals surface area contributed by atoms with Gasteiger partial charge in [-0.3, -0.25) is 0 Å². The Hall–Kier alpha value is -2.02. The maximum absolute atomic E-state index is 13.0. The van der Waals surface area contributed by atoms with E-state index in [1.165, 1.54) is 18.2 Å². The zero-order valence-electron chi connectivity index (χ0n) is 11.1. The van der Waals surface area contributed by atoms with Crippen LogP contribution in [0.3, 0.4) is 0 Å². The molecule has 0 spiro atoms. The molecule has 0 bridgehead atoms. The second-order valence-corrected chi connectivity index (χ2v) is 4.66. The van der Waals surface area contributed by atoms with Crippen LogP contribution in [-0.2, 0) is 18.9 Å². The largest absolute Gasteiger partial charge is 0.417 e. The zero-order chi connectivity index (χ0) is 16.5. The molecule has 0 amide bonds. The Morgan fingerprint density at radius 3 is 2.00 bits per heavy atom. The van der Waals surface area contributed by atoms with E-state index in [0.717, 1.165) is 18.2 Å². The van der Waals surface area contributed by atoms with Gasteiger partial charge in [0.05, 0.1) is 11.1 Å². The lowest BCUT2D eigenvalue weighted by molar-refractivity contribution is -0.137. The van der Waals surface area contributed by atoms with Gasteiger partial charge in [0.25, 0.3) is 0 Å². The van der Waals surface area contributed by atoms with Crippen molar-refractivity contribution in [3.05, 3.63) is 59.2 Å². The first-order valence-electron chi connectivity index (χ1n) is 6.21. The van der Waals surface area contributed by atoms with Crippen LogP contribution >= 0.6 is 0 Å². The molecule has 0 aliphatic carbocycles. The normalized spacial score (nSPS) is 12.5. The van der Waals surface area contributed by atoms with Crippen LogP contribution in [0.15, 0.2) is 42.5 Å². The fourth-order valence-electron chi connectivity index (χ4n) is 2.11. The first kappa shape index (κ1) is 16.4. The van der Waals surface area contributed by atoms with Crippen LogP contribution in [0.25, 0.3) is 11.1 Å². The Bertz CT molecular complexity index is 672. The van der Waals surface area contributed by atoms with Crippen molar-refractivity contribution < 1.29 is 26.3 Å². The van der Waals surface area contributed by atoms with Crippen molar-refractivity contribution in [2.45, 2.75) is 18.9 Å². The van der Waals surface area contributed by atoms with Gasteiger partial charge in [0.1, 0.15) is 0 Å². The van der Waals surface area contributed by atoms with E-state index in [0.29, 0.717) is 6.07 Å². The van der Waals surface area contributed by atoms with Crippen molar-refractivity contribution in [1.82, 2.24) is 0 Å². The highest BCUT2D eigenvalue weighted by atomic mass is 19.4. The smallest absolute Gasteiger partial charge is 0.326 e. The molecule has 0 aliphatic heterocycles. The Morgan fingerprint density at radius 2 is 1.45 bits per heavy atom. The predicted molar refractivity (Wildman–Crippen MR) is 69.8 cm³/mol. The summed E-state index contributed by atoms with van der Waals surface area (Å²) < 4.78 is 77.6. The molecule has 0 aliphatic rings. The lowest BCUT2D eigenvalue weighted by atomic mass is 9.95. The summed E-state index contributed by atoms with van der Waals surface area (Å²) in [4.78, 5) is 0. The van der Waals surface area contributed by atoms with E-state index in [-0.39, 0.29) is 23.2 Å².